The number of imidazole rings is 1. The zero-order valence-electron chi connectivity index (χ0n) is 43.3. The van der Waals surface area contributed by atoms with Crippen molar-refractivity contribution in [1.29, 1.82) is 0 Å². The molecule has 10 rings (SSSR count). The predicted molar refractivity (Wildman–Crippen MR) is 281 cm³/mol. The number of hydrogen-bond acceptors (Lipinski definition) is 13. The molecule has 16 nitrogen and oxygen atoms in total. The number of hydrazone groups is 1. The maximum atomic E-state index is 14.1. The van der Waals surface area contributed by atoms with Crippen molar-refractivity contribution >= 4 is 43.2 Å². The van der Waals surface area contributed by atoms with Gasteiger partial charge in [-0.15, -0.1) is 0 Å². The van der Waals surface area contributed by atoms with E-state index < -0.39 is 17.4 Å². The molecule has 5 fully saturated rings. The van der Waals surface area contributed by atoms with Crippen LogP contribution in [0.1, 0.15) is 84.0 Å². The molecule has 0 radical (unpaired) electrons. The molecule has 2 amide bonds. The molecule has 6 aliphatic rings. The number of nitrogens with zero attached hydrogens (tertiary/aromatic N) is 9. The number of likely N-dealkylation sites (tertiary alicyclic amines) is 2. The zero-order chi connectivity index (χ0) is 52.1. The molecule has 8 heterocycles. The second-order valence-electron chi connectivity index (χ2n) is 21.2. The number of ether oxygens (including phenoxy) is 2. The lowest BCUT2D eigenvalue weighted by atomic mass is 9.75. The van der Waals surface area contributed by atoms with E-state index in [0.29, 0.717) is 56.0 Å². The van der Waals surface area contributed by atoms with Crippen molar-refractivity contribution in [2.75, 3.05) is 118 Å². The van der Waals surface area contributed by atoms with E-state index in [1.807, 2.05) is 42.3 Å². The minimum absolute atomic E-state index is 0.140. The maximum Gasteiger partial charge on any atom is 0.418 e. The molecule has 400 valence electrons. The summed E-state index contributed by atoms with van der Waals surface area (Å²) in [4.78, 5) is 60.6. The van der Waals surface area contributed by atoms with Gasteiger partial charge in [0.2, 0.25) is 11.8 Å². The molecule has 20 heteroatoms. The standard InChI is InChI=1S/C27H31F3N5O2P.C27H41N5O4/c1-38(2)35-24(31-35)13-26(17-37-18-26)20-7-6-8-21(12-20)33-16-23-22(27(28,29)30)11-19(15-34(23)25(33)36)14-32-9-4-3-5-10-32;1-29(25-5-6-26(34)28-27(25)35)19-23-17-24(4-3-22(23)20-33)32-13-11-31(12-14-32)18-21-7-9-30(10-8-21)15-16-36-2/h6-8,11-12,15-16H,3-5,9-10,13-14,17-18H2,1-2H3;3-4,17,20-21,25H,5-16,18-19H2,1-2H3,(H,28,34,35). The van der Waals surface area contributed by atoms with Crippen LogP contribution in [-0.2, 0) is 43.7 Å². The van der Waals surface area contributed by atoms with Gasteiger partial charge in [-0.3, -0.25) is 43.4 Å². The monoisotopic (exact) mass is 1040 g/mol. The number of piperazine rings is 1. The van der Waals surface area contributed by atoms with E-state index in [0.717, 1.165) is 117 Å². The summed E-state index contributed by atoms with van der Waals surface area (Å²) in [5, 5.41) is 6.93. The number of nitrogens with one attached hydrogen (secondary N) is 1. The number of aldehydes is 1. The fourth-order valence-electron chi connectivity index (χ4n) is 11.3. The Morgan fingerprint density at radius 1 is 0.892 bits per heavy atom. The van der Waals surface area contributed by atoms with Crippen LogP contribution in [0.5, 0.6) is 0 Å². The lowest BCUT2D eigenvalue weighted by molar-refractivity contribution is -0.138. The summed E-state index contributed by atoms with van der Waals surface area (Å²) >= 11 is 0. The number of benzene rings is 2. The van der Waals surface area contributed by atoms with E-state index in [2.05, 4.69) is 54.2 Å². The fraction of sp³-hybridized carbons (Fsp3) is 0.574. The number of fused-ring (bicyclic) bond motifs is 1. The van der Waals surface area contributed by atoms with Gasteiger partial charge in [-0.25, -0.2) is 9.57 Å². The van der Waals surface area contributed by atoms with Gasteiger partial charge in [0.25, 0.3) is 0 Å². The molecular weight excluding hydrogens is 973 g/mol. The van der Waals surface area contributed by atoms with E-state index in [9.17, 15) is 32.3 Å². The molecule has 0 saturated carbocycles. The maximum absolute atomic E-state index is 14.1. The van der Waals surface area contributed by atoms with Crippen LogP contribution in [0.15, 0.2) is 70.8 Å². The van der Waals surface area contributed by atoms with Gasteiger partial charge >= 0.3 is 11.9 Å². The summed E-state index contributed by atoms with van der Waals surface area (Å²) in [5.41, 5.74) is 3.02. The first-order valence-electron chi connectivity index (χ1n) is 26.2. The molecule has 0 spiro atoms. The molecule has 2 aromatic carbocycles. The van der Waals surface area contributed by atoms with Gasteiger partial charge in [-0.2, -0.15) is 18.3 Å². The number of hydrogen-bond donors (Lipinski definition) is 1. The molecule has 0 aliphatic carbocycles. The Morgan fingerprint density at radius 2 is 1.65 bits per heavy atom. The Balaban J connectivity index is 0.000000182. The number of halogens is 3. The predicted octanol–water partition coefficient (Wildman–Crippen LogP) is 6.26. The number of piperidine rings is 3. The van der Waals surface area contributed by atoms with Crippen LogP contribution >= 0.6 is 8.07 Å². The Labute approximate surface area is 433 Å². The number of anilines is 1. The van der Waals surface area contributed by atoms with Gasteiger partial charge in [0.05, 0.1) is 42.6 Å². The lowest BCUT2D eigenvalue weighted by Gasteiger charge is -2.41. The highest BCUT2D eigenvalue weighted by atomic mass is 31.1. The molecule has 2 aromatic heterocycles. The number of pyridine rings is 1. The summed E-state index contributed by atoms with van der Waals surface area (Å²) in [6.07, 6.45) is 6.52. The van der Waals surface area contributed by atoms with Crippen LogP contribution < -0.4 is 15.9 Å². The number of alkyl halides is 3. The quantitative estimate of drug-likeness (QED) is 0.0727. The summed E-state index contributed by atoms with van der Waals surface area (Å²) in [6, 6.07) is 14.4. The van der Waals surface area contributed by atoms with Crippen LogP contribution in [0, 0.1) is 5.92 Å². The normalized spacial score (nSPS) is 21.1. The second kappa shape index (κ2) is 23.5. The smallest absolute Gasteiger partial charge is 0.383 e. The van der Waals surface area contributed by atoms with Crippen molar-refractivity contribution in [3.63, 3.8) is 0 Å². The number of methoxy groups -OCH3 is 1. The number of rotatable bonds is 17. The number of carbonyl (C=O) groups excluding carboxylic acids is 3. The lowest BCUT2D eigenvalue weighted by Crippen LogP contribution is -2.51. The fourth-order valence-corrected chi connectivity index (χ4v) is 12.1. The highest BCUT2D eigenvalue weighted by Crippen LogP contribution is 2.46. The van der Waals surface area contributed by atoms with E-state index in [1.54, 1.807) is 19.4 Å². The Morgan fingerprint density at radius 3 is 2.30 bits per heavy atom. The molecule has 0 bridgehead atoms. The third-order valence-electron chi connectivity index (χ3n) is 15.7. The number of carbonyl (C=O) groups is 3. The number of likely N-dealkylation sites (N-methyl/N-ethyl adjacent to an activating group) is 1. The van der Waals surface area contributed by atoms with Gasteiger partial charge in [-0.05, 0) is 138 Å². The summed E-state index contributed by atoms with van der Waals surface area (Å²) in [7, 11) is 3.32. The molecule has 6 aliphatic heterocycles. The summed E-state index contributed by atoms with van der Waals surface area (Å²) in [5.74, 6) is 1.36. The molecular formula is C54H72F3N10O6P. The number of amidine groups is 1. The number of amides is 2. The Bertz CT molecular complexity index is 2720. The SMILES string of the molecule is COCCN1CCC(CN2CCN(c3ccc(C=O)c(CN(C)C4CCC(=O)NC4=O)c3)CC2)CC1.CP(C)N1N=C1CC1(c2cccc(-n3cc4c(C(F)(F)F)cc(CN5CCCCC5)cn4c3=O)c2)COC1. The van der Waals surface area contributed by atoms with Crippen molar-refractivity contribution in [2.45, 2.75) is 82.1 Å². The molecule has 1 atom stereocenters. The van der Waals surface area contributed by atoms with Crippen molar-refractivity contribution < 1.29 is 37.0 Å². The van der Waals surface area contributed by atoms with E-state index in [4.69, 9.17) is 9.47 Å². The minimum atomic E-state index is -4.58. The van der Waals surface area contributed by atoms with Gasteiger partial charge in [0.1, 0.15) is 6.29 Å². The molecule has 1 unspecified atom stereocenters. The first-order chi connectivity index (χ1) is 35.6. The van der Waals surface area contributed by atoms with E-state index in [-0.39, 0.29) is 36.9 Å². The highest BCUT2D eigenvalue weighted by molar-refractivity contribution is 7.54. The molecule has 5 saturated heterocycles. The summed E-state index contributed by atoms with van der Waals surface area (Å²) in [6.45, 7) is 17.4. The average molecular weight is 1050 g/mol. The number of imide groups is 1. The second-order valence-corrected chi connectivity index (χ2v) is 23.3. The van der Waals surface area contributed by atoms with E-state index >= 15 is 0 Å². The van der Waals surface area contributed by atoms with Crippen LogP contribution in [0.2, 0.25) is 0 Å². The summed E-state index contributed by atoms with van der Waals surface area (Å²) < 4.78 is 57.8. The first-order valence-corrected chi connectivity index (χ1v) is 28.4. The Kier molecular flexibility index (Phi) is 17.1. The van der Waals surface area contributed by atoms with Crippen molar-refractivity contribution in [3.05, 3.63) is 99.2 Å². The third-order valence-corrected chi connectivity index (χ3v) is 16.8. The average Bonchev–Trinajstić information content (AvgIpc) is 4.09. The van der Waals surface area contributed by atoms with Crippen molar-refractivity contribution in [3.8, 4) is 5.69 Å². The van der Waals surface area contributed by atoms with Gasteiger partial charge < -0.3 is 19.3 Å². The Hall–Kier alpha value is -5.01. The van der Waals surface area contributed by atoms with Gasteiger partial charge in [0.15, 0.2) is 5.84 Å². The first kappa shape index (κ1) is 53.8. The van der Waals surface area contributed by atoms with Crippen LogP contribution in [0.25, 0.3) is 11.2 Å². The van der Waals surface area contributed by atoms with E-state index in [1.165, 1.54) is 49.3 Å². The molecule has 4 aromatic rings. The highest BCUT2D eigenvalue weighted by Gasteiger charge is 2.46. The molecule has 74 heavy (non-hydrogen) atoms. The van der Waals surface area contributed by atoms with Crippen LogP contribution in [0.3, 0.4) is 0 Å². The zero-order valence-corrected chi connectivity index (χ0v) is 44.2. The largest absolute Gasteiger partial charge is 0.418 e. The van der Waals surface area contributed by atoms with Crippen LogP contribution in [0.4, 0.5) is 18.9 Å². The van der Waals surface area contributed by atoms with Crippen molar-refractivity contribution in [1.82, 2.24) is 38.7 Å². The molecule has 1 N–H and O–H groups in total. The van der Waals surface area contributed by atoms with Gasteiger partial charge in [-0.1, -0.05) is 18.6 Å². The van der Waals surface area contributed by atoms with Crippen molar-refractivity contribution in [2.24, 2.45) is 11.0 Å². The minimum Gasteiger partial charge on any atom is -0.383 e. The van der Waals surface area contributed by atoms with Crippen LogP contribution in [-0.4, -0.2) is 176 Å². The third kappa shape index (κ3) is 12.6. The number of aromatic nitrogens is 2. The topological polar surface area (TPSA) is 140 Å². The van der Waals surface area contributed by atoms with Gasteiger partial charge in [0, 0.05) is 109 Å².